The highest BCUT2D eigenvalue weighted by Crippen LogP contribution is 2.28. The third kappa shape index (κ3) is 5.93. The van der Waals surface area contributed by atoms with Crippen molar-refractivity contribution in [2.45, 2.75) is 32.5 Å². The van der Waals surface area contributed by atoms with Crippen LogP contribution in [-0.2, 0) is 15.8 Å². The van der Waals surface area contributed by atoms with Crippen molar-refractivity contribution in [3.8, 4) is 5.75 Å². The van der Waals surface area contributed by atoms with Crippen LogP contribution >= 0.6 is 0 Å². The molecule has 0 aromatic heterocycles. The second-order valence-electron chi connectivity index (χ2n) is 6.25. The van der Waals surface area contributed by atoms with Crippen LogP contribution in [0.15, 0.2) is 61.7 Å². The highest BCUT2D eigenvalue weighted by molar-refractivity contribution is 6.68. The standard InChI is InChI=1S/C23H30O3Si/c1-5-20-13-9-10-15-22(20)19-25-27(8-4,18-17-24-7-3)26-23-16-12-11-14-21(23)6-2/h5-6,9-16H,1-2,7-8,17-19H2,3-4H3. The molecular formula is C23H30O3Si. The van der Waals surface area contributed by atoms with E-state index in [9.17, 15) is 0 Å². The van der Waals surface area contributed by atoms with Crippen LogP contribution in [-0.4, -0.2) is 21.8 Å². The molecule has 0 heterocycles. The van der Waals surface area contributed by atoms with Crippen LogP contribution in [0.25, 0.3) is 12.2 Å². The zero-order chi connectivity index (χ0) is 19.5. The van der Waals surface area contributed by atoms with Gasteiger partial charge >= 0.3 is 8.56 Å². The molecule has 1 unspecified atom stereocenters. The van der Waals surface area contributed by atoms with E-state index in [1.54, 1.807) is 0 Å². The zero-order valence-corrected chi connectivity index (χ0v) is 17.4. The third-order valence-corrected chi connectivity index (χ3v) is 7.88. The van der Waals surface area contributed by atoms with E-state index in [2.05, 4.69) is 32.2 Å². The Morgan fingerprint density at radius 3 is 2.26 bits per heavy atom. The predicted octanol–water partition coefficient (Wildman–Crippen LogP) is 6.07. The first kappa shape index (κ1) is 21.2. The Balaban J connectivity index is 2.25. The molecule has 0 bridgehead atoms. The summed E-state index contributed by atoms with van der Waals surface area (Å²) in [6.45, 7) is 13.8. The molecule has 27 heavy (non-hydrogen) atoms. The van der Waals surface area contributed by atoms with Gasteiger partial charge in [-0.2, -0.15) is 0 Å². The largest absolute Gasteiger partial charge is 0.519 e. The maximum absolute atomic E-state index is 6.55. The first-order valence-electron chi connectivity index (χ1n) is 9.50. The SMILES string of the molecule is C=Cc1ccccc1CO[Si](CC)(CCOCC)Oc1ccccc1C=C. The van der Waals surface area contributed by atoms with Crippen molar-refractivity contribution in [3.05, 3.63) is 78.4 Å². The van der Waals surface area contributed by atoms with Crippen LogP contribution in [0.2, 0.25) is 12.1 Å². The van der Waals surface area contributed by atoms with Crippen LogP contribution in [0.5, 0.6) is 5.75 Å². The second-order valence-corrected chi connectivity index (χ2v) is 9.77. The van der Waals surface area contributed by atoms with Crippen molar-refractivity contribution >= 4 is 20.7 Å². The first-order chi connectivity index (χ1) is 13.2. The van der Waals surface area contributed by atoms with Crippen LogP contribution in [0.3, 0.4) is 0 Å². The molecule has 2 aromatic rings. The summed E-state index contributed by atoms with van der Waals surface area (Å²) in [6, 6.07) is 17.7. The molecule has 0 fully saturated rings. The molecule has 0 saturated carbocycles. The fourth-order valence-corrected chi connectivity index (χ4v) is 5.36. The molecule has 0 N–H and O–H groups in total. The molecule has 1 atom stereocenters. The molecule has 0 aliphatic heterocycles. The summed E-state index contributed by atoms with van der Waals surface area (Å²) in [6.07, 6.45) is 3.68. The number of para-hydroxylation sites is 1. The minimum Gasteiger partial charge on any atom is -0.519 e. The van der Waals surface area contributed by atoms with Gasteiger partial charge in [-0.25, -0.2) is 0 Å². The smallest absolute Gasteiger partial charge is 0.401 e. The van der Waals surface area contributed by atoms with Crippen LogP contribution < -0.4 is 4.43 Å². The van der Waals surface area contributed by atoms with Gasteiger partial charge in [-0.15, -0.1) is 0 Å². The molecule has 0 aliphatic carbocycles. The molecule has 0 radical (unpaired) electrons. The lowest BCUT2D eigenvalue weighted by atomic mass is 10.1. The molecule has 3 nitrogen and oxygen atoms in total. The average molecular weight is 383 g/mol. The lowest BCUT2D eigenvalue weighted by Crippen LogP contribution is -2.45. The Morgan fingerprint density at radius 2 is 1.59 bits per heavy atom. The molecule has 0 amide bonds. The van der Waals surface area contributed by atoms with Crippen molar-refractivity contribution in [3.63, 3.8) is 0 Å². The highest BCUT2D eigenvalue weighted by Gasteiger charge is 2.38. The Hall–Kier alpha value is -2.14. The zero-order valence-electron chi connectivity index (χ0n) is 16.4. The van der Waals surface area contributed by atoms with Gasteiger partial charge in [0.2, 0.25) is 0 Å². The lowest BCUT2D eigenvalue weighted by molar-refractivity contribution is 0.146. The number of rotatable bonds is 12. The summed E-state index contributed by atoms with van der Waals surface area (Å²) in [4.78, 5) is 0. The van der Waals surface area contributed by atoms with Crippen molar-refractivity contribution in [1.82, 2.24) is 0 Å². The Morgan fingerprint density at radius 1 is 0.926 bits per heavy atom. The number of hydrogen-bond donors (Lipinski definition) is 0. The maximum Gasteiger partial charge on any atom is 0.401 e. The van der Waals surface area contributed by atoms with E-state index in [0.717, 1.165) is 34.5 Å². The molecule has 2 rings (SSSR count). The molecule has 0 aliphatic rings. The molecule has 4 heteroatoms. The summed E-state index contributed by atoms with van der Waals surface area (Å²) >= 11 is 0. The van der Waals surface area contributed by atoms with E-state index >= 15 is 0 Å². The van der Waals surface area contributed by atoms with Crippen LogP contribution in [0.4, 0.5) is 0 Å². The van der Waals surface area contributed by atoms with E-state index in [0.29, 0.717) is 19.8 Å². The van der Waals surface area contributed by atoms with Gasteiger partial charge in [-0.1, -0.05) is 74.7 Å². The maximum atomic E-state index is 6.55. The summed E-state index contributed by atoms with van der Waals surface area (Å²) in [5, 5.41) is 0. The Labute approximate surface area is 164 Å². The summed E-state index contributed by atoms with van der Waals surface area (Å²) in [5.41, 5.74) is 3.19. The van der Waals surface area contributed by atoms with Gasteiger partial charge in [0.15, 0.2) is 0 Å². The number of hydrogen-bond acceptors (Lipinski definition) is 3. The van der Waals surface area contributed by atoms with E-state index in [1.807, 2.05) is 55.5 Å². The minimum atomic E-state index is -2.52. The number of benzene rings is 2. The van der Waals surface area contributed by atoms with E-state index < -0.39 is 8.56 Å². The van der Waals surface area contributed by atoms with Crippen molar-refractivity contribution in [1.29, 1.82) is 0 Å². The van der Waals surface area contributed by atoms with Gasteiger partial charge < -0.3 is 13.6 Å². The normalized spacial score (nSPS) is 13.0. The fraction of sp³-hybridized carbons (Fsp3) is 0.304. The monoisotopic (exact) mass is 382 g/mol. The van der Waals surface area contributed by atoms with Crippen LogP contribution in [0.1, 0.15) is 30.5 Å². The van der Waals surface area contributed by atoms with Crippen molar-refractivity contribution < 1.29 is 13.6 Å². The van der Waals surface area contributed by atoms with E-state index in [-0.39, 0.29) is 0 Å². The predicted molar refractivity (Wildman–Crippen MR) is 116 cm³/mol. The fourth-order valence-electron chi connectivity index (χ4n) is 2.89. The Bertz CT molecular complexity index is 744. The van der Waals surface area contributed by atoms with Gasteiger partial charge in [0.25, 0.3) is 0 Å². The summed E-state index contributed by atoms with van der Waals surface area (Å²) < 4.78 is 18.7. The summed E-state index contributed by atoms with van der Waals surface area (Å²) in [7, 11) is -2.52. The van der Waals surface area contributed by atoms with Crippen LogP contribution in [0, 0.1) is 0 Å². The van der Waals surface area contributed by atoms with Gasteiger partial charge in [0.05, 0.1) is 6.61 Å². The molecule has 0 spiro atoms. The molecule has 2 aromatic carbocycles. The first-order valence-corrected chi connectivity index (χ1v) is 11.7. The average Bonchev–Trinajstić information content (AvgIpc) is 2.72. The number of ether oxygens (including phenoxy) is 1. The molecule has 0 saturated heterocycles. The Kier molecular flexibility index (Phi) is 8.52. The lowest BCUT2D eigenvalue weighted by Gasteiger charge is -2.31. The quantitative estimate of drug-likeness (QED) is 0.329. The minimum absolute atomic E-state index is 0.505. The molecular weight excluding hydrogens is 352 g/mol. The van der Waals surface area contributed by atoms with Gasteiger partial charge in [0.1, 0.15) is 5.75 Å². The van der Waals surface area contributed by atoms with Crippen molar-refractivity contribution in [2.24, 2.45) is 0 Å². The second kappa shape index (κ2) is 10.9. The van der Waals surface area contributed by atoms with E-state index in [1.165, 1.54) is 0 Å². The van der Waals surface area contributed by atoms with Crippen molar-refractivity contribution in [2.75, 3.05) is 13.2 Å². The van der Waals surface area contributed by atoms with Gasteiger partial charge in [0, 0.05) is 24.8 Å². The topological polar surface area (TPSA) is 27.7 Å². The summed E-state index contributed by atoms with van der Waals surface area (Å²) in [5.74, 6) is 0.828. The highest BCUT2D eigenvalue weighted by atomic mass is 28.4. The third-order valence-electron chi connectivity index (χ3n) is 4.57. The van der Waals surface area contributed by atoms with Gasteiger partial charge in [-0.3, -0.25) is 0 Å². The van der Waals surface area contributed by atoms with Gasteiger partial charge in [-0.05, 0) is 30.2 Å². The molecule has 144 valence electrons. The van der Waals surface area contributed by atoms with E-state index in [4.69, 9.17) is 13.6 Å².